The van der Waals surface area contributed by atoms with Crippen LogP contribution in [-0.2, 0) is 24.5 Å². The van der Waals surface area contributed by atoms with Crippen molar-refractivity contribution in [3.05, 3.63) is 65.5 Å². The topological polar surface area (TPSA) is 111 Å². The van der Waals surface area contributed by atoms with E-state index in [1.807, 2.05) is 0 Å². The molecule has 2 N–H and O–H groups in total. The van der Waals surface area contributed by atoms with Crippen molar-refractivity contribution in [2.45, 2.75) is 30.8 Å². The fraction of sp³-hybridized carbons (Fsp3) is 0.458. The molecular formula is C24H27F4N3O6S. The van der Waals surface area contributed by atoms with Gasteiger partial charge in [-0.2, -0.15) is 30.2 Å². The first-order chi connectivity index (χ1) is 18.0. The molecule has 38 heavy (non-hydrogen) atoms. The summed E-state index contributed by atoms with van der Waals surface area (Å²) < 4.78 is 97.0. The molecule has 14 heteroatoms. The van der Waals surface area contributed by atoms with Gasteiger partial charge in [-0.15, -0.1) is 0 Å². The quantitative estimate of drug-likeness (QED) is 0.300. The Bertz CT molecular complexity index is 1240. The van der Waals surface area contributed by atoms with Crippen molar-refractivity contribution in [2.75, 3.05) is 39.5 Å². The summed E-state index contributed by atoms with van der Waals surface area (Å²) in [6.07, 6.45) is -6.60. The molecule has 208 valence electrons. The minimum atomic E-state index is -5.20. The van der Waals surface area contributed by atoms with Crippen molar-refractivity contribution in [3.8, 4) is 5.75 Å². The van der Waals surface area contributed by atoms with E-state index in [2.05, 4.69) is 4.74 Å². The molecule has 2 aliphatic heterocycles. The van der Waals surface area contributed by atoms with Gasteiger partial charge in [-0.3, -0.25) is 5.73 Å². The number of halogens is 4. The molecule has 0 aromatic heterocycles. The maximum Gasteiger partial charge on any atom is 0.490 e. The van der Waals surface area contributed by atoms with Crippen molar-refractivity contribution in [1.82, 2.24) is 8.61 Å². The maximum absolute atomic E-state index is 14.5. The Hall–Kier alpha value is -2.78. The van der Waals surface area contributed by atoms with Crippen LogP contribution in [0.4, 0.5) is 17.6 Å². The normalized spacial score (nSPS) is 22.2. The van der Waals surface area contributed by atoms with Crippen LogP contribution < -0.4 is 10.5 Å². The lowest BCUT2D eigenvalue weighted by Crippen LogP contribution is -2.51. The van der Waals surface area contributed by atoms with Crippen molar-refractivity contribution >= 4 is 16.2 Å². The molecule has 2 heterocycles. The minimum absolute atomic E-state index is 0.0486. The van der Waals surface area contributed by atoms with E-state index in [0.29, 0.717) is 5.56 Å². The fourth-order valence-electron chi connectivity index (χ4n) is 4.50. The third kappa shape index (κ3) is 6.43. The molecule has 0 amide bonds. The number of morpholine rings is 1. The Morgan fingerprint density at radius 3 is 2.53 bits per heavy atom. The number of rotatable bonds is 8. The molecule has 2 fully saturated rings. The summed E-state index contributed by atoms with van der Waals surface area (Å²) in [6.45, 7) is 0.830. The van der Waals surface area contributed by atoms with E-state index in [0.717, 1.165) is 0 Å². The predicted octanol–water partition coefficient (Wildman–Crippen LogP) is 2.70. The van der Waals surface area contributed by atoms with Crippen molar-refractivity contribution < 1.29 is 45.0 Å². The van der Waals surface area contributed by atoms with Gasteiger partial charge in [0.2, 0.25) is 0 Å². The minimum Gasteiger partial charge on any atom is -0.492 e. The summed E-state index contributed by atoms with van der Waals surface area (Å²) in [5.74, 6) is -3.09. The van der Waals surface area contributed by atoms with Gasteiger partial charge >= 0.3 is 12.1 Å². The second-order valence-corrected chi connectivity index (χ2v) is 10.8. The summed E-state index contributed by atoms with van der Waals surface area (Å²) in [6, 6.07) is 11.1. The third-order valence-electron chi connectivity index (χ3n) is 6.40. The van der Waals surface area contributed by atoms with Gasteiger partial charge in [0.05, 0.1) is 19.3 Å². The molecule has 0 saturated carbocycles. The zero-order chi connectivity index (χ0) is 27.5. The van der Waals surface area contributed by atoms with E-state index < -0.39 is 46.4 Å². The highest BCUT2D eigenvalue weighted by molar-refractivity contribution is 7.86. The molecule has 0 radical (unpaired) electrons. The zero-order valence-corrected chi connectivity index (χ0v) is 21.0. The van der Waals surface area contributed by atoms with Crippen LogP contribution in [0.15, 0.2) is 48.5 Å². The second-order valence-electron chi connectivity index (χ2n) is 8.90. The number of carbonyl (C=O) groups excluding carboxylic acids is 1. The average Bonchev–Trinajstić information content (AvgIpc) is 3.33. The van der Waals surface area contributed by atoms with Gasteiger partial charge in [0.15, 0.2) is 6.23 Å². The zero-order valence-electron chi connectivity index (χ0n) is 20.1. The molecule has 2 saturated heterocycles. The smallest absolute Gasteiger partial charge is 0.490 e. The van der Waals surface area contributed by atoms with Gasteiger partial charge in [0.25, 0.3) is 10.2 Å². The average molecular weight is 562 g/mol. The number of hydrogen-bond donors (Lipinski definition) is 1. The lowest BCUT2D eigenvalue weighted by Gasteiger charge is -2.32. The molecule has 3 unspecified atom stereocenters. The number of nitrogens with zero attached hydrogens (tertiary/aromatic N) is 2. The van der Waals surface area contributed by atoms with Crippen molar-refractivity contribution in [2.24, 2.45) is 5.73 Å². The Balaban J connectivity index is 1.51. The Kier molecular flexibility index (Phi) is 8.57. The molecule has 0 spiro atoms. The molecular weight excluding hydrogens is 534 g/mol. The number of ether oxygens (including phenoxy) is 3. The number of benzene rings is 2. The molecule has 9 nitrogen and oxygen atoms in total. The van der Waals surface area contributed by atoms with E-state index >= 15 is 0 Å². The summed E-state index contributed by atoms with van der Waals surface area (Å²) in [4.78, 5) is 11.1. The summed E-state index contributed by atoms with van der Waals surface area (Å²) in [7, 11) is -3.92. The third-order valence-corrected chi connectivity index (χ3v) is 8.45. The maximum atomic E-state index is 14.5. The first-order valence-electron chi connectivity index (χ1n) is 11.8. The second kappa shape index (κ2) is 11.5. The highest BCUT2D eigenvalue weighted by Gasteiger charge is 2.44. The number of esters is 1. The first-order valence-corrected chi connectivity index (χ1v) is 13.2. The molecule has 2 aromatic carbocycles. The number of hydrogen-bond acceptors (Lipinski definition) is 7. The molecule has 0 aliphatic carbocycles. The SMILES string of the molecule is NC(OC(=O)C(F)(F)F)c1cccc(OCC2CC(c3ccccc3F)CN2S(=O)(=O)N2CCOCC2)c1. The van der Waals surface area contributed by atoms with Crippen LogP contribution in [0.3, 0.4) is 0 Å². The Morgan fingerprint density at radius 1 is 1.13 bits per heavy atom. The monoisotopic (exact) mass is 561 g/mol. The Morgan fingerprint density at radius 2 is 1.84 bits per heavy atom. The predicted molar refractivity (Wildman–Crippen MR) is 127 cm³/mol. The van der Waals surface area contributed by atoms with Gasteiger partial charge in [-0.25, -0.2) is 9.18 Å². The first kappa shape index (κ1) is 28.2. The number of alkyl halides is 3. The van der Waals surface area contributed by atoms with Gasteiger partial charge in [0, 0.05) is 31.1 Å². The van der Waals surface area contributed by atoms with Crippen LogP contribution in [0.2, 0.25) is 0 Å². The van der Waals surface area contributed by atoms with Crippen LogP contribution in [0.25, 0.3) is 0 Å². The van der Waals surface area contributed by atoms with E-state index in [-0.39, 0.29) is 57.2 Å². The van der Waals surface area contributed by atoms with Crippen LogP contribution in [0, 0.1) is 5.82 Å². The van der Waals surface area contributed by atoms with Crippen LogP contribution >= 0.6 is 0 Å². The molecule has 0 bridgehead atoms. The van der Waals surface area contributed by atoms with Crippen molar-refractivity contribution in [3.63, 3.8) is 0 Å². The highest BCUT2D eigenvalue weighted by Crippen LogP contribution is 2.36. The standard InChI is InChI=1S/C24H27F4N3O6S/c25-21-7-2-1-6-20(21)17-12-18(31(14-17)38(33,34)30-8-10-35-11-9-30)15-36-19-5-3-4-16(13-19)22(29)37-23(32)24(26,27)28/h1-7,13,17-18,22H,8-12,14-15,29H2. The van der Waals surface area contributed by atoms with E-state index in [1.54, 1.807) is 18.2 Å². The largest absolute Gasteiger partial charge is 0.492 e. The number of nitrogens with two attached hydrogens (primary N) is 1. The highest BCUT2D eigenvalue weighted by atomic mass is 32.2. The Labute approximate surface area is 217 Å². The molecule has 2 aliphatic rings. The molecule has 3 atom stereocenters. The van der Waals surface area contributed by atoms with Gasteiger partial charge in [0.1, 0.15) is 18.2 Å². The van der Waals surface area contributed by atoms with Crippen LogP contribution in [0.1, 0.15) is 29.7 Å². The lowest BCUT2D eigenvalue weighted by molar-refractivity contribution is -0.205. The fourth-order valence-corrected chi connectivity index (χ4v) is 6.30. The summed E-state index contributed by atoms with van der Waals surface area (Å²) >= 11 is 0. The molecule has 2 aromatic rings. The van der Waals surface area contributed by atoms with E-state index in [4.69, 9.17) is 15.2 Å². The summed E-state index contributed by atoms with van der Waals surface area (Å²) in [5.41, 5.74) is 6.05. The van der Waals surface area contributed by atoms with Gasteiger partial charge in [-0.1, -0.05) is 30.3 Å². The van der Waals surface area contributed by atoms with E-state index in [1.165, 1.54) is 38.9 Å². The van der Waals surface area contributed by atoms with Gasteiger partial charge < -0.3 is 14.2 Å². The van der Waals surface area contributed by atoms with E-state index in [9.17, 15) is 30.8 Å². The summed E-state index contributed by atoms with van der Waals surface area (Å²) in [5, 5.41) is 0. The van der Waals surface area contributed by atoms with Crippen LogP contribution in [0.5, 0.6) is 5.75 Å². The molecule has 4 rings (SSSR count). The van der Waals surface area contributed by atoms with Gasteiger partial charge in [-0.05, 0) is 30.2 Å². The van der Waals surface area contributed by atoms with Crippen molar-refractivity contribution in [1.29, 1.82) is 0 Å². The van der Waals surface area contributed by atoms with Crippen LogP contribution in [-0.4, -0.2) is 74.7 Å². The number of carbonyl (C=O) groups is 1. The lowest BCUT2D eigenvalue weighted by atomic mass is 9.96.